The van der Waals surface area contributed by atoms with Crippen molar-refractivity contribution < 1.29 is 13.3 Å². The summed E-state index contributed by atoms with van der Waals surface area (Å²) in [6, 6.07) is 12.1. The number of aryl methyl sites for hydroxylation is 1. The van der Waals surface area contributed by atoms with Crippen LogP contribution in [0, 0.1) is 0 Å². The Morgan fingerprint density at radius 2 is 1.21 bits per heavy atom. The van der Waals surface area contributed by atoms with E-state index in [-0.39, 0.29) is 21.6 Å². The lowest BCUT2D eigenvalue weighted by Crippen LogP contribution is -2.65. The van der Waals surface area contributed by atoms with Crippen molar-refractivity contribution in [3.05, 3.63) is 35.9 Å². The fourth-order valence-corrected chi connectivity index (χ4v) is 19.0. The van der Waals surface area contributed by atoms with E-state index in [1.807, 2.05) is 0 Å². The smallest absolute Gasteiger partial charge is 0.216 e. The summed E-state index contributed by atoms with van der Waals surface area (Å²) in [5, 5.41) is -0.304. The van der Waals surface area contributed by atoms with Gasteiger partial charge in [-0.25, -0.2) is 0 Å². The molecule has 0 heterocycles. The topological polar surface area (TPSA) is 27.7 Å². The summed E-state index contributed by atoms with van der Waals surface area (Å²) in [6.07, 6.45) is 4.25. The molecule has 0 aliphatic rings. The number of hydrogen-bond acceptors (Lipinski definition) is 3. The summed E-state index contributed by atoms with van der Waals surface area (Å²) >= 11 is 0. The highest BCUT2D eigenvalue weighted by molar-refractivity contribution is 6.82. The zero-order valence-corrected chi connectivity index (χ0v) is 32.2. The van der Waals surface area contributed by atoms with Crippen molar-refractivity contribution in [2.24, 2.45) is 0 Å². The molecule has 0 saturated heterocycles. The van der Waals surface area contributed by atoms with E-state index in [0.29, 0.717) is 0 Å². The normalized spacial score (nSPS) is 20.6. The van der Waals surface area contributed by atoms with Crippen molar-refractivity contribution in [3.63, 3.8) is 0 Å². The van der Waals surface area contributed by atoms with E-state index in [2.05, 4.69) is 138 Å². The number of hydrogen-bond donors (Lipinski definition) is 0. The van der Waals surface area contributed by atoms with Crippen molar-refractivity contribution in [2.75, 3.05) is 0 Å². The second-order valence-corrected chi connectivity index (χ2v) is 33.6. The van der Waals surface area contributed by atoms with Gasteiger partial charge in [0.05, 0.1) is 13.3 Å². The highest BCUT2D eigenvalue weighted by atomic mass is 28.4. The van der Waals surface area contributed by atoms with Crippen molar-refractivity contribution in [1.82, 2.24) is 0 Å². The third-order valence-corrected chi connectivity index (χ3v) is 24.6. The second kappa shape index (κ2) is 12.9. The third-order valence-electron chi connectivity index (χ3n) is 10.2. The molecule has 3 nitrogen and oxygen atoms in total. The highest BCUT2D eigenvalue weighted by Crippen LogP contribution is 2.52. The largest absolute Gasteiger partial charge is 0.414 e. The van der Waals surface area contributed by atoms with Crippen molar-refractivity contribution in [1.29, 1.82) is 0 Å². The molecule has 5 unspecified atom stereocenters. The van der Waals surface area contributed by atoms with Crippen LogP contribution in [0.3, 0.4) is 0 Å². The van der Waals surface area contributed by atoms with E-state index in [0.717, 1.165) is 31.7 Å². The second-order valence-electron chi connectivity index (χ2n) is 15.0. The molecule has 7 heteroatoms. The van der Waals surface area contributed by atoms with E-state index in [9.17, 15) is 0 Å². The molecule has 1 rings (SSSR count). The Hall–Kier alpha value is -0.0325. The molecule has 0 aliphatic carbocycles. The minimum Gasteiger partial charge on any atom is -0.414 e. The fraction of sp³-hybridized carbons (Fsp3) is 0.806. The van der Waals surface area contributed by atoms with Gasteiger partial charge in [-0.15, -0.1) is 0 Å². The minimum absolute atomic E-state index is 0.0318. The number of benzene rings is 1. The van der Waals surface area contributed by atoms with Crippen molar-refractivity contribution in [3.8, 4) is 0 Å². The summed E-state index contributed by atoms with van der Waals surface area (Å²) in [5.74, 6) is 0. The first kappa shape index (κ1) is 36.0. The van der Waals surface area contributed by atoms with E-state index in [1.165, 1.54) is 5.56 Å². The molecule has 1 aromatic carbocycles. The van der Waals surface area contributed by atoms with Gasteiger partial charge in [0.2, 0.25) is 8.32 Å². The van der Waals surface area contributed by atoms with Gasteiger partial charge in [-0.1, -0.05) is 77.7 Å². The minimum atomic E-state index is -2.33. The molecule has 0 saturated carbocycles. The SMILES string of the molecule is CCC(C)(O[Si](C)(CCc1ccccc1)C(C)(CC)C(C)O[Si](C)(C)C(C)(CC)O[Si](C)(C)C)[Si](C)(C)C. The summed E-state index contributed by atoms with van der Waals surface area (Å²) in [4.78, 5) is 0. The molecule has 38 heavy (non-hydrogen) atoms. The molecule has 222 valence electrons. The van der Waals surface area contributed by atoms with Gasteiger partial charge in [-0.3, -0.25) is 0 Å². The Labute approximate surface area is 242 Å². The Morgan fingerprint density at radius 3 is 1.61 bits per heavy atom. The lowest BCUT2D eigenvalue weighted by atomic mass is 10.0. The van der Waals surface area contributed by atoms with Gasteiger partial charge in [0.25, 0.3) is 0 Å². The molecule has 0 spiro atoms. The summed E-state index contributed by atoms with van der Waals surface area (Å²) in [6.45, 7) is 38.1. The molecular weight excluding hydrogens is 533 g/mol. The highest BCUT2D eigenvalue weighted by Gasteiger charge is 2.57. The van der Waals surface area contributed by atoms with Crippen molar-refractivity contribution >= 4 is 33.0 Å². The standard InChI is InChI=1S/C31H64O3Si4/c1-17-29(5,27(4)32-37(14,15)31(7,19-3)33-36(11,12)13)38(16,26-25-28-23-21-20-22-24-28)34-30(6,18-2)35(8,9)10/h20-24,27H,17-19,25-26H2,1-16H3. The van der Waals surface area contributed by atoms with Crippen LogP contribution in [0.15, 0.2) is 30.3 Å². The molecule has 0 aliphatic heterocycles. The van der Waals surface area contributed by atoms with Gasteiger partial charge in [0.15, 0.2) is 16.6 Å². The van der Waals surface area contributed by atoms with Crippen LogP contribution in [0.4, 0.5) is 0 Å². The van der Waals surface area contributed by atoms with Crippen LogP contribution in [0.1, 0.15) is 73.3 Å². The maximum atomic E-state index is 7.66. The first-order valence-corrected chi connectivity index (χ1v) is 27.6. The quantitative estimate of drug-likeness (QED) is 0.178. The lowest BCUT2D eigenvalue weighted by molar-refractivity contribution is 0.0661. The Morgan fingerprint density at radius 1 is 0.711 bits per heavy atom. The Balaban J connectivity index is 3.55. The Kier molecular flexibility index (Phi) is 12.2. The van der Waals surface area contributed by atoms with Crippen LogP contribution >= 0.6 is 0 Å². The molecule has 1 aromatic rings. The fourth-order valence-electron chi connectivity index (χ4n) is 5.82. The predicted molar refractivity (Wildman–Crippen MR) is 180 cm³/mol. The van der Waals surface area contributed by atoms with Gasteiger partial charge >= 0.3 is 0 Å². The average Bonchev–Trinajstić information content (AvgIpc) is 2.80. The molecular formula is C31H64O3Si4. The van der Waals surface area contributed by atoms with Gasteiger partial charge in [-0.2, -0.15) is 0 Å². The molecule has 0 bridgehead atoms. The third kappa shape index (κ3) is 8.26. The predicted octanol–water partition coefficient (Wildman–Crippen LogP) is 10.2. The van der Waals surface area contributed by atoms with Crippen molar-refractivity contribution in [2.45, 2.75) is 161 Å². The molecule has 0 aromatic heterocycles. The van der Waals surface area contributed by atoms with Gasteiger partial charge < -0.3 is 13.3 Å². The summed E-state index contributed by atoms with van der Waals surface area (Å²) < 4.78 is 21.9. The van der Waals surface area contributed by atoms with E-state index < -0.39 is 33.0 Å². The van der Waals surface area contributed by atoms with Gasteiger partial charge in [-0.05, 0) is 97.3 Å². The van der Waals surface area contributed by atoms with Crippen LogP contribution in [0.2, 0.25) is 70.0 Å². The lowest BCUT2D eigenvalue weighted by Gasteiger charge is -2.56. The monoisotopic (exact) mass is 596 g/mol. The maximum Gasteiger partial charge on any atom is 0.216 e. The summed E-state index contributed by atoms with van der Waals surface area (Å²) in [5.41, 5.74) is 1.41. The van der Waals surface area contributed by atoms with Gasteiger partial charge in [0, 0.05) is 16.4 Å². The zero-order chi connectivity index (χ0) is 29.8. The maximum absolute atomic E-state index is 7.66. The van der Waals surface area contributed by atoms with Crippen LogP contribution in [0.25, 0.3) is 0 Å². The number of rotatable bonds is 16. The molecule has 0 radical (unpaired) electrons. The van der Waals surface area contributed by atoms with Crippen LogP contribution < -0.4 is 0 Å². The first-order chi connectivity index (χ1) is 17.1. The van der Waals surface area contributed by atoms with Crippen LogP contribution in [-0.2, 0) is 19.7 Å². The van der Waals surface area contributed by atoms with Crippen LogP contribution in [-0.4, -0.2) is 49.6 Å². The first-order valence-electron chi connectivity index (χ1n) is 15.2. The average molecular weight is 597 g/mol. The molecule has 0 fully saturated rings. The van der Waals surface area contributed by atoms with E-state index in [1.54, 1.807) is 0 Å². The van der Waals surface area contributed by atoms with Gasteiger partial charge in [0.1, 0.15) is 0 Å². The molecule has 5 atom stereocenters. The van der Waals surface area contributed by atoms with E-state index >= 15 is 0 Å². The Bertz CT molecular complexity index is 866. The molecule has 0 N–H and O–H groups in total. The van der Waals surface area contributed by atoms with E-state index in [4.69, 9.17) is 13.3 Å². The summed E-state index contributed by atoms with van der Waals surface area (Å²) in [7, 11) is -7.90. The van der Waals surface area contributed by atoms with Crippen LogP contribution in [0.5, 0.6) is 0 Å². The zero-order valence-electron chi connectivity index (χ0n) is 28.2. The molecule has 0 amide bonds.